The Labute approximate surface area is 142 Å². The third-order valence-corrected chi connectivity index (χ3v) is 6.74. The van der Waals surface area contributed by atoms with Crippen LogP contribution in [0.25, 0.3) is 5.57 Å². The summed E-state index contributed by atoms with van der Waals surface area (Å²) < 4.78 is 14.0. The molecule has 0 saturated carbocycles. The van der Waals surface area contributed by atoms with Crippen LogP contribution in [0.3, 0.4) is 0 Å². The van der Waals surface area contributed by atoms with Crippen molar-refractivity contribution >= 4 is 23.3 Å². The van der Waals surface area contributed by atoms with Crippen LogP contribution in [-0.4, -0.2) is 11.7 Å². The van der Waals surface area contributed by atoms with Gasteiger partial charge in [0.05, 0.1) is 6.61 Å². The molecule has 0 aliphatic heterocycles. The van der Waals surface area contributed by atoms with Gasteiger partial charge in [-0.2, -0.15) is 0 Å². The summed E-state index contributed by atoms with van der Waals surface area (Å²) in [5.41, 5.74) is 1.55. The van der Waals surface area contributed by atoms with Gasteiger partial charge in [0.25, 0.3) is 0 Å². The van der Waals surface area contributed by atoms with E-state index in [2.05, 4.69) is 0 Å². The first-order valence-electron chi connectivity index (χ1n) is 7.83. The second-order valence-electron chi connectivity index (χ2n) is 5.51. The highest BCUT2D eigenvalue weighted by atomic mass is 31.2. The fourth-order valence-corrected chi connectivity index (χ4v) is 5.17. The maximum Gasteiger partial charge on any atom is 0.164 e. The lowest BCUT2D eigenvalue weighted by molar-refractivity contribution is 0.350. The van der Waals surface area contributed by atoms with Crippen molar-refractivity contribution in [3.8, 4) is 0 Å². The SMILES string of the molecule is O=P(/C=C(/CO)c1ccccc1)(c1ccccc1)c1ccccc1. The number of hydrogen-bond acceptors (Lipinski definition) is 2. The van der Waals surface area contributed by atoms with Gasteiger partial charge < -0.3 is 9.67 Å². The van der Waals surface area contributed by atoms with E-state index in [-0.39, 0.29) is 6.61 Å². The smallest absolute Gasteiger partial charge is 0.164 e. The van der Waals surface area contributed by atoms with Crippen molar-refractivity contribution in [2.75, 3.05) is 6.61 Å². The molecular weight excluding hydrogens is 315 g/mol. The van der Waals surface area contributed by atoms with E-state index in [1.54, 1.807) is 5.82 Å². The van der Waals surface area contributed by atoms with Crippen molar-refractivity contribution in [2.24, 2.45) is 0 Å². The van der Waals surface area contributed by atoms with E-state index in [9.17, 15) is 9.67 Å². The maximum absolute atomic E-state index is 14.0. The molecule has 0 heterocycles. The summed E-state index contributed by atoms with van der Waals surface area (Å²) in [6, 6.07) is 28.5. The van der Waals surface area contributed by atoms with Gasteiger partial charge in [0.15, 0.2) is 7.14 Å². The first-order chi connectivity index (χ1) is 11.7. The molecule has 0 aliphatic carbocycles. The van der Waals surface area contributed by atoms with Crippen molar-refractivity contribution in [2.45, 2.75) is 0 Å². The van der Waals surface area contributed by atoms with E-state index in [0.29, 0.717) is 5.57 Å². The second kappa shape index (κ2) is 7.44. The lowest BCUT2D eigenvalue weighted by Gasteiger charge is -2.17. The molecule has 24 heavy (non-hydrogen) atoms. The predicted molar refractivity (Wildman–Crippen MR) is 101 cm³/mol. The molecule has 0 bridgehead atoms. The van der Waals surface area contributed by atoms with E-state index in [0.717, 1.165) is 16.2 Å². The Hall–Kier alpha value is -2.41. The van der Waals surface area contributed by atoms with E-state index in [1.165, 1.54) is 0 Å². The summed E-state index contributed by atoms with van der Waals surface area (Å²) in [5, 5.41) is 11.4. The van der Waals surface area contributed by atoms with E-state index in [4.69, 9.17) is 0 Å². The molecule has 0 fully saturated rings. The molecule has 1 N–H and O–H groups in total. The second-order valence-corrected chi connectivity index (χ2v) is 8.11. The highest BCUT2D eigenvalue weighted by molar-refractivity contribution is 7.81. The van der Waals surface area contributed by atoms with Gasteiger partial charge in [0, 0.05) is 10.6 Å². The molecule has 0 radical (unpaired) electrons. The topological polar surface area (TPSA) is 37.3 Å². The lowest BCUT2D eigenvalue weighted by atomic mass is 10.1. The minimum absolute atomic E-state index is 0.159. The van der Waals surface area contributed by atoms with Crippen LogP contribution in [-0.2, 0) is 4.57 Å². The van der Waals surface area contributed by atoms with Crippen molar-refractivity contribution in [3.63, 3.8) is 0 Å². The molecule has 0 aliphatic rings. The Morgan fingerprint density at radius 1 is 0.750 bits per heavy atom. The number of hydrogen-bond donors (Lipinski definition) is 1. The van der Waals surface area contributed by atoms with Crippen LogP contribution < -0.4 is 10.6 Å². The van der Waals surface area contributed by atoms with Crippen LogP contribution in [0.5, 0.6) is 0 Å². The standard InChI is InChI=1S/C21H19O2P/c22-16-19(18-10-4-1-5-11-18)17-24(23,20-12-6-2-7-13-20)21-14-8-3-9-15-21/h1-15,17,22H,16H2/b19-17-. The number of aliphatic hydroxyl groups excluding tert-OH is 1. The average molecular weight is 334 g/mol. The molecule has 0 unspecified atom stereocenters. The minimum atomic E-state index is -2.98. The van der Waals surface area contributed by atoms with Crippen LogP contribution >= 0.6 is 7.14 Å². The zero-order valence-corrected chi connectivity index (χ0v) is 14.1. The Morgan fingerprint density at radius 3 is 1.58 bits per heavy atom. The molecule has 0 aromatic heterocycles. The van der Waals surface area contributed by atoms with Crippen molar-refractivity contribution < 1.29 is 9.67 Å². The van der Waals surface area contributed by atoms with Crippen molar-refractivity contribution in [1.29, 1.82) is 0 Å². The third-order valence-electron chi connectivity index (χ3n) is 3.93. The van der Waals surface area contributed by atoms with Gasteiger partial charge in [-0.1, -0.05) is 91.0 Å². The molecule has 2 nitrogen and oxygen atoms in total. The van der Waals surface area contributed by atoms with Crippen LogP contribution in [0.1, 0.15) is 5.56 Å². The molecule has 0 saturated heterocycles. The Kier molecular flexibility index (Phi) is 5.10. The van der Waals surface area contributed by atoms with E-state index >= 15 is 0 Å². The largest absolute Gasteiger partial charge is 0.392 e. The highest BCUT2D eigenvalue weighted by Gasteiger charge is 2.25. The van der Waals surface area contributed by atoms with Crippen LogP contribution in [0, 0.1) is 0 Å². The Morgan fingerprint density at radius 2 is 1.17 bits per heavy atom. The average Bonchev–Trinajstić information content (AvgIpc) is 2.68. The summed E-state index contributed by atoms with van der Waals surface area (Å²) in [4.78, 5) is 0. The first-order valence-corrected chi connectivity index (χ1v) is 9.60. The minimum Gasteiger partial charge on any atom is -0.392 e. The summed E-state index contributed by atoms with van der Waals surface area (Å²) in [7, 11) is -2.98. The summed E-state index contributed by atoms with van der Waals surface area (Å²) in [5.74, 6) is 1.74. The number of rotatable bonds is 5. The molecule has 120 valence electrons. The van der Waals surface area contributed by atoms with Gasteiger partial charge >= 0.3 is 0 Å². The predicted octanol–water partition coefficient (Wildman–Crippen LogP) is 4.03. The van der Waals surface area contributed by atoms with Crippen LogP contribution in [0.4, 0.5) is 0 Å². The third kappa shape index (κ3) is 3.41. The molecule has 0 amide bonds. The highest BCUT2D eigenvalue weighted by Crippen LogP contribution is 2.47. The number of benzene rings is 3. The lowest BCUT2D eigenvalue weighted by Crippen LogP contribution is -2.14. The summed E-state index contributed by atoms with van der Waals surface area (Å²) in [6.45, 7) is -0.159. The van der Waals surface area contributed by atoms with Crippen molar-refractivity contribution in [3.05, 3.63) is 102 Å². The zero-order valence-electron chi connectivity index (χ0n) is 13.2. The van der Waals surface area contributed by atoms with E-state index < -0.39 is 7.14 Å². The molecule has 0 spiro atoms. The van der Waals surface area contributed by atoms with Gasteiger partial charge in [-0.05, 0) is 17.0 Å². The summed E-state index contributed by atoms with van der Waals surface area (Å²) in [6.07, 6.45) is 0. The van der Waals surface area contributed by atoms with Gasteiger partial charge in [0.1, 0.15) is 0 Å². The van der Waals surface area contributed by atoms with Gasteiger partial charge in [-0.15, -0.1) is 0 Å². The molecule has 3 heteroatoms. The summed E-state index contributed by atoms with van der Waals surface area (Å²) >= 11 is 0. The molecular formula is C21H19O2P. The zero-order chi connectivity index (χ0) is 16.8. The monoisotopic (exact) mass is 334 g/mol. The van der Waals surface area contributed by atoms with Crippen LogP contribution in [0.2, 0.25) is 0 Å². The molecule has 0 atom stereocenters. The Bertz CT molecular complexity index is 813. The quantitative estimate of drug-likeness (QED) is 0.715. The first kappa shape index (κ1) is 16.4. The van der Waals surface area contributed by atoms with Crippen LogP contribution in [0.15, 0.2) is 96.8 Å². The van der Waals surface area contributed by atoms with Crippen molar-refractivity contribution in [1.82, 2.24) is 0 Å². The fraction of sp³-hybridized carbons (Fsp3) is 0.0476. The maximum atomic E-state index is 14.0. The molecule has 3 aromatic rings. The van der Waals surface area contributed by atoms with Gasteiger partial charge in [-0.25, -0.2) is 0 Å². The normalized spacial score (nSPS) is 12.1. The molecule has 3 aromatic carbocycles. The molecule has 3 rings (SSSR count). The number of aliphatic hydroxyl groups is 1. The van der Waals surface area contributed by atoms with Gasteiger partial charge in [-0.3, -0.25) is 0 Å². The van der Waals surface area contributed by atoms with E-state index in [1.807, 2.05) is 91.0 Å². The Balaban J connectivity index is 2.19. The van der Waals surface area contributed by atoms with Gasteiger partial charge in [0.2, 0.25) is 0 Å². The fourth-order valence-electron chi connectivity index (χ4n) is 2.68.